The van der Waals surface area contributed by atoms with Crippen molar-refractivity contribution in [3.8, 4) is 0 Å². The molecule has 0 bridgehead atoms. The Balaban J connectivity index is 1.47. The average Bonchev–Trinajstić information content (AvgIpc) is 3.34. The molecule has 0 spiro atoms. The van der Waals surface area contributed by atoms with Crippen molar-refractivity contribution < 1.29 is 4.79 Å². The first kappa shape index (κ1) is 18.6. The van der Waals surface area contributed by atoms with Gasteiger partial charge in [-0.3, -0.25) is 10.1 Å². The second kappa shape index (κ2) is 7.41. The number of fused-ring (bicyclic) bond motifs is 2. The summed E-state index contributed by atoms with van der Waals surface area (Å²) in [6.07, 6.45) is 1.57. The first-order valence-electron chi connectivity index (χ1n) is 9.61. The van der Waals surface area contributed by atoms with E-state index in [4.69, 9.17) is 0 Å². The summed E-state index contributed by atoms with van der Waals surface area (Å²) in [6.45, 7) is 1.47. The van der Waals surface area contributed by atoms with E-state index in [0.29, 0.717) is 28.9 Å². The molecule has 0 aliphatic carbocycles. The molecule has 31 heavy (non-hydrogen) atoms. The van der Waals surface area contributed by atoms with Crippen LogP contribution in [0.1, 0.15) is 6.92 Å². The predicted octanol–water partition coefficient (Wildman–Crippen LogP) is 3.69. The minimum atomic E-state index is -0.117. The number of benzene rings is 2. The standard InChI is InChI=1S/C21H19N9O/c1-12(31)24-13-7-9-14(10-8-13)25-19-17-18(23-11-22-17)27-20(28-19)29-21-26-15-5-3-4-6-16(15)30(21)2/h3-11H,1-2H3,(H,24,31)(H3,22,23,25,26,27,28,29). The van der Waals surface area contributed by atoms with Crippen LogP contribution < -0.4 is 16.0 Å². The number of aryl methyl sites for hydroxylation is 1. The first-order valence-corrected chi connectivity index (χ1v) is 9.61. The number of hydrogen-bond donors (Lipinski definition) is 4. The summed E-state index contributed by atoms with van der Waals surface area (Å²) in [4.78, 5) is 32.3. The highest BCUT2D eigenvalue weighted by Crippen LogP contribution is 2.26. The Morgan fingerprint density at radius 3 is 2.52 bits per heavy atom. The van der Waals surface area contributed by atoms with E-state index in [1.807, 2.05) is 60.1 Å². The molecule has 10 nitrogen and oxygen atoms in total. The number of carbonyl (C=O) groups excluding carboxylic acids is 1. The number of aromatic nitrogens is 6. The second-order valence-corrected chi connectivity index (χ2v) is 6.99. The molecule has 0 saturated carbocycles. The quantitative estimate of drug-likeness (QED) is 0.346. The molecule has 0 radical (unpaired) electrons. The molecule has 0 aliphatic heterocycles. The number of aromatic amines is 1. The van der Waals surface area contributed by atoms with Gasteiger partial charge < -0.3 is 20.2 Å². The van der Waals surface area contributed by atoms with E-state index in [0.717, 1.165) is 22.4 Å². The topological polar surface area (TPSA) is 125 Å². The molecule has 3 aromatic heterocycles. The van der Waals surface area contributed by atoms with Gasteiger partial charge in [-0.1, -0.05) is 12.1 Å². The lowest BCUT2D eigenvalue weighted by molar-refractivity contribution is -0.114. The van der Waals surface area contributed by atoms with Gasteiger partial charge in [-0.15, -0.1) is 0 Å². The van der Waals surface area contributed by atoms with Gasteiger partial charge >= 0.3 is 0 Å². The molecule has 1 amide bonds. The van der Waals surface area contributed by atoms with Crippen LogP contribution in [0.3, 0.4) is 0 Å². The fraction of sp³-hybridized carbons (Fsp3) is 0.0952. The van der Waals surface area contributed by atoms with Crippen molar-refractivity contribution >= 4 is 57.2 Å². The summed E-state index contributed by atoms with van der Waals surface area (Å²) in [5.41, 5.74) is 4.61. The Hall–Kier alpha value is -4.47. The number of rotatable bonds is 5. The number of nitrogens with one attached hydrogen (secondary N) is 4. The van der Waals surface area contributed by atoms with E-state index in [1.54, 1.807) is 6.33 Å². The van der Waals surface area contributed by atoms with E-state index in [2.05, 4.69) is 40.9 Å². The van der Waals surface area contributed by atoms with Crippen LogP contribution in [0.4, 0.5) is 29.1 Å². The van der Waals surface area contributed by atoms with Crippen LogP contribution >= 0.6 is 0 Å². The van der Waals surface area contributed by atoms with Gasteiger partial charge in [0.15, 0.2) is 11.5 Å². The molecule has 0 atom stereocenters. The summed E-state index contributed by atoms with van der Waals surface area (Å²) in [5.74, 6) is 1.45. The minimum Gasteiger partial charge on any atom is -0.340 e. The lowest BCUT2D eigenvalue weighted by Gasteiger charge is -2.10. The number of amides is 1. The Morgan fingerprint density at radius 2 is 1.74 bits per heavy atom. The van der Waals surface area contributed by atoms with Gasteiger partial charge in [-0.25, -0.2) is 9.97 Å². The summed E-state index contributed by atoms with van der Waals surface area (Å²) in [5, 5.41) is 9.21. The average molecular weight is 413 g/mol. The van der Waals surface area contributed by atoms with Crippen molar-refractivity contribution in [1.29, 1.82) is 0 Å². The Bertz CT molecular complexity index is 1400. The van der Waals surface area contributed by atoms with Gasteiger partial charge in [0.05, 0.1) is 17.4 Å². The number of hydrogen-bond acceptors (Lipinski definition) is 7. The third kappa shape index (κ3) is 3.62. The zero-order chi connectivity index (χ0) is 21.4. The summed E-state index contributed by atoms with van der Waals surface area (Å²) in [6, 6.07) is 15.2. The van der Waals surface area contributed by atoms with E-state index >= 15 is 0 Å². The number of para-hydroxylation sites is 2. The molecule has 3 heterocycles. The molecular weight excluding hydrogens is 394 g/mol. The van der Waals surface area contributed by atoms with Crippen molar-refractivity contribution in [2.24, 2.45) is 7.05 Å². The zero-order valence-electron chi connectivity index (χ0n) is 16.8. The maximum Gasteiger partial charge on any atom is 0.233 e. The number of carbonyl (C=O) groups is 1. The predicted molar refractivity (Wildman–Crippen MR) is 120 cm³/mol. The van der Waals surface area contributed by atoms with Crippen molar-refractivity contribution in [3.63, 3.8) is 0 Å². The highest BCUT2D eigenvalue weighted by atomic mass is 16.1. The van der Waals surface area contributed by atoms with Gasteiger partial charge in [0.25, 0.3) is 0 Å². The lowest BCUT2D eigenvalue weighted by Crippen LogP contribution is -2.06. The normalized spacial score (nSPS) is 11.0. The van der Waals surface area contributed by atoms with Crippen LogP contribution in [0.25, 0.3) is 22.2 Å². The second-order valence-electron chi connectivity index (χ2n) is 6.99. The molecule has 5 aromatic rings. The van der Waals surface area contributed by atoms with Crippen LogP contribution in [0.5, 0.6) is 0 Å². The van der Waals surface area contributed by atoms with Crippen molar-refractivity contribution in [2.45, 2.75) is 6.92 Å². The maximum absolute atomic E-state index is 11.2. The molecule has 0 fully saturated rings. The molecule has 4 N–H and O–H groups in total. The van der Waals surface area contributed by atoms with Crippen molar-refractivity contribution in [3.05, 3.63) is 54.9 Å². The van der Waals surface area contributed by atoms with Crippen LogP contribution in [0, 0.1) is 0 Å². The third-order valence-electron chi connectivity index (χ3n) is 4.76. The van der Waals surface area contributed by atoms with E-state index in [9.17, 15) is 4.79 Å². The van der Waals surface area contributed by atoms with E-state index < -0.39 is 0 Å². The Morgan fingerprint density at radius 1 is 0.968 bits per heavy atom. The lowest BCUT2D eigenvalue weighted by atomic mass is 10.2. The van der Waals surface area contributed by atoms with Crippen LogP contribution in [-0.2, 0) is 11.8 Å². The van der Waals surface area contributed by atoms with Crippen molar-refractivity contribution in [1.82, 2.24) is 29.5 Å². The number of nitrogens with zero attached hydrogens (tertiary/aromatic N) is 5. The molecule has 10 heteroatoms. The van der Waals surface area contributed by atoms with E-state index in [-0.39, 0.29) is 5.91 Å². The van der Waals surface area contributed by atoms with Gasteiger partial charge in [0.2, 0.25) is 17.8 Å². The Kier molecular flexibility index (Phi) is 4.43. The highest BCUT2D eigenvalue weighted by molar-refractivity contribution is 5.89. The molecule has 2 aromatic carbocycles. The third-order valence-corrected chi connectivity index (χ3v) is 4.76. The van der Waals surface area contributed by atoms with E-state index in [1.165, 1.54) is 6.92 Å². The Labute approximate surface area is 176 Å². The maximum atomic E-state index is 11.2. The van der Waals surface area contributed by atoms with Gasteiger partial charge in [0.1, 0.15) is 5.52 Å². The smallest absolute Gasteiger partial charge is 0.233 e. The summed E-state index contributed by atoms with van der Waals surface area (Å²) in [7, 11) is 1.93. The SMILES string of the molecule is CC(=O)Nc1ccc(Nc2nc(Nc3nc4ccccc4n3C)nc3nc[nH]c23)cc1. The molecule has 0 aliphatic rings. The zero-order valence-corrected chi connectivity index (χ0v) is 16.8. The first-order chi connectivity index (χ1) is 15.1. The van der Waals surface area contributed by atoms with Crippen molar-refractivity contribution in [2.75, 3.05) is 16.0 Å². The largest absolute Gasteiger partial charge is 0.340 e. The number of anilines is 5. The molecule has 154 valence electrons. The molecular formula is C21H19N9O. The van der Waals surface area contributed by atoms with Gasteiger partial charge in [0, 0.05) is 25.3 Å². The molecule has 0 saturated heterocycles. The fourth-order valence-electron chi connectivity index (χ4n) is 3.31. The van der Waals surface area contributed by atoms with Crippen LogP contribution in [-0.4, -0.2) is 35.4 Å². The fourth-order valence-corrected chi connectivity index (χ4v) is 3.31. The number of imidazole rings is 2. The number of H-pyrrole nitrogens is 1. The summed E-state index contributed by atoms with van der Waals surface area (Å²) < 4.78 is 1.95. The minimum absolute atomic E-state index is 0.117. The van der Waals surface area contributed by atoms with Gasteiger partial charge in [-0.2, -0.15) is 9.97 Å². The van der Waals surface area contributed by atoms with Crippen LogP contribution in [0.2, 0.25) is 0 Å². The monoisotopic (exact) mass is 413 g/mol. The molecule has 0 unspecified atom stereocenters. The summed E-state index contributed by atoms with van der Waals surface area (Å²) >= 11 is 0. The highest BCUT2D eigenvalue weighted by Gasteiger charge is 2.13. The van der Waals surface area contributed by atoms with Crippen LogP contribution in [0.15, 0.2) is 54.9 Å². The van der Waals surface area contributed by atoms with Gasteiger partial charge in [-0.05, 0) is 36.4 Å². The molecule has 5 rings (SSSR count).